The van der Waals surface area contributed by atoms with Crippen molar-refractivity contribution in [3.8, 4) is 0 Å². The van der Waals surface area contributed by atoms with Crippen LogP contribution in [0.5, 0.6) is 0 Å². The molecule has 0 aliphatic carbocycles. The molecule has 0 aromatic heterocycles. The first kappa shape index (κ1) is 10.1. The van der Waals surface area contributed by atoms with Crippen LogP contribution in [0.2, 0.25) is 0 Å². The Hall–Kier alpha value is -0.940. The second-order valence-corrected chi connectivity index (χ2v) is 3.52. The van der Waals surface area contributed by atoms with Crippen molar-refractivity contribution in [2.75, 3.05) is 0 Å². The maximum atomic E-state index is 10.5. The first-order valence-electron chi connectivity index (χ1n) is 3.72. The van der Waals surface area contributed by atoms with Gasteiger partial charge in [-0.2, -0.15) is 0 Å². The second kappa shape index (κ2) is 3.85. The molecule has 13 heavy (non-hydrogen) atoms. The average Bonchev–Trinajstić information content (AvgIpc) is 2.03. The normalized spacial score (nSPS) is 12.5. The topological polar surface area (TPSA) is 69.2 Å². The van der Waals surface area contributed by atoms with Crippen LogP contribution in [0.1, 0.15) is 18.5 Å². The minimum Gasteiger partial charge on any atom is -0.324 e. The molecule has 1 aromatic carbocycles. The van der Waals surface area contributed by atoms with Crippen LogP contribution in [0, 0.1) is 10.1 Å². The number of hydrogen-bond acceptors (Lipinski definition) is 3. The zero-order valence-electron chi connectivity index (χ0n) is 7.03. The van der Waals surface area contributed by atoms with Crippen LogP contribution in [0.15, 0.2) is 22.7 Å². The summed E-state index contributed by atoms with van der Waals surface area (Å²) < 4.78 is 0.468. The highest BCUT2D eigenvalue weighted by Crippen LogP contribution is 2.30. The van der Waals surface area contributed by atoms with E-state index >= 15 is 0 Å². The van der Waals surface area contributed by atoms with Gasteiger partial charge in [0.2, 0.25) is 0 Å². The monoisotopic (exact) mass is 244 g/mol. The predicted molar refractivity (Wildman–Crippen MR) is 53.4 cm³/mol. The molecular weight excluding hydrogens is 236 g/mol. The number of hydrogen-bond donors (Lipinski definition) is 1. The molecule has 0 aliphatic rings. The van der Waals surface area contributed by atoms with Gasteiger partial charge in [-0.05, 0) is 28.4 Å². The molecule has 0 heterocycles. The first-order valence-corrected chi connectivity index (χ1v) is 4.51. The summed E-state index contributed by atoms with van der Waals surface area (Å²) in [4.78, 5) is 10.1. The molecule has 1 aromatic rings. The van der Waals surface area contributed by atoms with Gasteiger partial charge in [0.05, 0.1) is 9.40 Å². The summed E-state index contributed by atoms with van der Waals surface area (Å²) in [5, 5.41) is 10.5. The molecule has 0 saturated carbocycles. The fourth-order valence-electron chi connectivity index (χ4n) is 1.03. The third-order valence-electron chi connectivity index (χ3n) is 1.70. The van der Waals surface area contributed by atoms with Gasteiger partial charge in [-0.15, -0.1) is 0 Å². The highest BCUT2D eigenvalue weighted by molar-refractivity contribution is 9.10. The minimum atomic E-state index is -0.435. The third-order valence-corrected chi connectivity index (χ3v) is 2.56. The van der Waals surface area contributed by atoms with Crippen LogP contribution in [0.25, 0.3) is 0 Å². The molecule has 0 radical (unpaired) electrons. The Morgan fingerprint density at radius 1 is 1.62 bits per heavy atom. The van der Waals surface area contributed by atoms with Gasteiger partial charge in [0.1, 0.15) is 0 Å². The highest BCUT2D eigenvalue weighted by atomic mass is 79.9. The van der Waals surface area contributed by atoms with Crippen molar-refractivity contribution in [2.45, 2.75) is 13.0 Å². The van der Waals surface area contributed by atoms with Crippen LogP contribution in [0.3, 0.4) is 0 Å². The second-order valence-electron chi connectivity index (χ2n) is 2.73. The molecule has 1 atom stereocenters. The standard InChI is InChI=1S/C8H9BrN2O2/c1-5(10)6-3-2-4-7(8(6)9)11(12)13/h2-5H,10H2,1H3/t5-/m1/s1. The van der Waals surface area contributed by atoms with Crippen molar-refractivity contribution in [1.82, 2.24) is 0 Å². The lowest BCUT2D eigenvalue weighted by molar-refractivity contribution is -0.385. The van der Waals surface area contributed by atoms with Gasteiger partial charge in [0.15, 0.2) is 0 Å². The summed E-state index contributed by atoms with van der Waals surface area (Å²) in [7, 11) is 0. The smallest absolute Gasteiger partial charge is 0.283 e. The molecule has 0 fully saturated rings. The van der Waals surface area contributed by atoms with Gasteiger partial charge in [-0.3, -0.25) is 10.1 Å². The van der Waals surface area contributed by atoms with E-state index in [0.717, 1.165) is 5.56 Å². The maximum absolute atomic E-state index is 10.5. The van der Waals surface area contributed by atoms with E-state index in [1.165, 1.54) is 6.07 Å². The summed E-state index contributed by atoms with van der Waals surface area (Å²) in [6.45, 7) is 1.78. The van der Waals surface area contributed by atoms with Gasteiger partial charge >= 0.3 is 0 Å². The fourth-order valence-corrected chi connectivity index (χ4v) is 1.80. The minimum absolute atomic E-state index is 0.0507. The molecule has 1 rings (SSSR count). The largest absolute Gasteiger partial charge is 0.324 e. The van der Waals surface area contributed by atoms with Crippen molar-refractivity contribution in [3.05, 3.63) is 38.3 Å². The van der Waals surface area contributed by atoms with E-state index < -0.39 is 4.92 Å². The van der Waals surface area contributed by atoms with E-state index in [1.807, 2.05) is 0 Å². The van der Waals surface area contributed by atoms with Crippen LogP contribution in [-0.2, 0) is 0 Å². The average molecular weight is 245 g/mol. The molecule has 0 spiro atoms. The van der Waals surface area contributed by atoms with Gasteiger partial charge in [-0.25, -0.2) is 0 Å². The van der Waals surface area contributed by atoms with Crippen molar-refractivity contribution >= 4 is 21.6 Å². The van der Waals surface area contributed by atoms with Crippen LogP contribution in [0.4, 0.5) is 5.69 Å². The van der Waals surface area contributed by atoms with E-state index in [1.54, 1.807) is 19.1 Å². The Balaban J connectivity index is 3.26. The lowest BCUT2D eigenvalue weighted by Crippen LogP contribution is -2.06. The Kier molecular flexibility index (Phi) is 3.00. The van der Waals surface area contributed by atoms with E-state index in [4.69, 9.17) is 5.73 Å². The van der Waals surface area contributed by atoms with Crippen molar-refractivity contribution < 1.29 is 4.92 Å². The van der Waals surface area contributed by atoms with Crippen LogP contribution < -0.4 is 5.73 Å². The van der Waals surface area contributed by atoms with Crippen molar-refractivity contribution in [2.24, 2.45) is 5.73 Å². The molecule has 70 valence electrons. The first-order chi connectivity index (χ1) is 6.04. The molecule has 4 nitrogen and oxygen atoms in total. The zero-order chi connectivity index (χ0) is 10.0. The molecule has 0 saturated heterocycles. The number of nitrogens with two attached hydrogens (primary N) is 1. The summed E-state index contributed by atoms with van der Waals surface area (Å²) in [5.74, 6) is 0. The Labute approximate surface area is 84.0 Å². The Bertz CT molecular complexity index is 339. The molecule has 0 aliphatic heterocycles. The van der Waals surface area contributed by atoms with E-state index in [0.29, 0.717) is 4.47 Å². The summed E-state index contributed by atoms with van der Waals surface area (Å²) in [5.41, 5.74) is 6.43. The van der Waals surface area contributed by atoms with Crippen LogP contribution >= 0.6 is 15.9 Å². The Morgan fingerprint density at radius 3 is 2.69 bits per heavy atom. The number of nitro groups is 1. The van der Waals surface area contributed by atoms with Crippen molar-refractivity contribution in [1.29, 1.82) is 0 Å². The number of rotatable bonds is 2. The van der Waals surface area contributed by atoms with E-state index in [9.17, 15) is 10.1 Å². The summed E-state index contributed by atoms with van der Waals surface area (Å²) in [6, 6.07) is 4.62. The highest BCUT2D eigenvalue weighted by Gasteiger charge is 2.16. The molecule has 5 heteroatoms. The molecule has 0 amide bonds. The summed E-state index contributed by atoms with van der Waals surface area (Å²) >= 11 is 3.16. The zero-order valence-corrected chi connectivity index (χ0v) is 8.61. The van der Waals surface area contributed by atoms with Gasteiger partial charge in [0, 0.05) is 12.1 Å². The predicted octanol–water partition coefficient (Wildman–Crippen LogP) is 2.38. The number of benzene rings is 1. The Morgan fingerprint density at radius 2 is 2.23 bits per heavy atom. The van der Waals surface area contributed by atoms with E-state index in [2.05, 4.69) is 15.9 Å². The number of nitrogens with zero attached hydrogens (tertiary/aromatic N) is 1. The fraction of sp³-hybridized carbons (Fsp3) is 0.250. The van der Waals surface area contributed by atoms with Crippen LogP contribution in [-0.4, -0.2) is 4.92 Å². The van der Waals surface area contributed by atoms with Gasteiger partial charge < -0.3 is 5.73 Å². The third kappa shape index (κ3) is 2.05. The van der Waals surface area contributed by atoms with Gasteiger partial charge in [-0.1, -0.05) is 12.1 Å². The molecule has 0 unspecified atom stereocenters. The van der Waals surface area contributed by atoms with E-state index in [-0.39, 0.29) is 11.7 Å². The molecule has 2 N–H and O–H groups in total. The SMILES string of the molecule is C[C@@H](N)c1cccc([N+](=O)[O-])c1Br. The molecular formula is C8H9BrN2O2. The lowest BCUT2D eigenvalue weighted by atomic mass is 10.1. The van der Waals surface area contributed by atoms with Crippen molar-refractivity contribution in [3.63, 3.8) is 0 Å². The summed E-state index contributed by atoms with van der Waals surface area (Å²) in [6.07, 6.45) is 0. The number of nitro benzene ring substituents is 1. The van der Waals surface area contributed by atoms with Gasteiger partial charge in [0.25, 0.3) is 5.69 Å². The number of halogens is 1. The maximum Gasteiger partial charge on any atom is 0.283 e. The quantitative estimate of drug-likeness (QED) is 0.642. The lowest BCUT2D eigenvalue weighted by Gasteiger charge is -2.07. The molecule has 0 bridgehead atoms.